The normalized spacial score (nSPS) is 10.9. The number of amides is 3. The number of hydrogen-bond acceptors (Lipinski definition) is 5. The Morgan fingerprint density at radius 3 is 2.42 bits per heavy atom. The molecule has 180 valence electrons. The molecule has 0 atom stereocenters. The van der Waals surface area contributed by atoms with Gasteiger partial charge in [0.2, 0.25) is 0 Å². The van der Waals surface area contributed by atoms with Gasteiger partial charge in [-0.1, -0.05) is 47.5 Å². The van der Waals surface area contributed by atoms with Crippen LogP contribution < -0.4 is 16.1 Å². The number of nitrogens with one attached hydrogen (secondary N) is 3. The second-order valence-corrected chi connectivity index (χ2v) is 8.52. The number of hydrogen-bond donors (Lipinski definition) is 3. The molecule has 10 heteroatoms. The van der Waals surface area contributed by atoms with E-state index in [0.29, 0.717) is 16.3 Å². The lowest BCUT2D eigenvalue weighted by Gasteiger charge is -2.11. The number of hydrazone groups is 1. The van der Waals surface area contributed by atoms with Crippen LogP contribution in [0.3, 0.4) is 0 Å². The summed E-state index contributed by atoms with van der Waals surface area (Å²) in [5, 5.41) is 10.5. The summed E-state index contributed by atoms with van der Waals surface area (Å²) in [6.07, 6.45) is 1.30. The third-order valence-electron chi connectivity index (χ3n) is 5.05. The first kappa shape index (κ1) is 24.8. The maximum absolute atomic E-state index is 12.7. The van der Waals surface area contributed by atoms with Crippen LogP contribution in [0.2, 0.25) is 10.2 Å². The molecule has 0 spiro atoms. The number of fused-ring (bicyclic) bond motifs is 1. The van der Waals surface area contributed by atoms with Gasteiger partial charge in [0, 0.05) is 21.7 Å². The molecule has 3 N–H and O–H groups in total. The molecule has 0 bridgehead atoms. The minimum absolute atomic E-state index is 0.158. The first-order valence-corrected chi connectivity index (χ1v) is 11.4. The highest BCUT2D eigenvalue weighted by Gasteiger charge is 2.18. The first-order chi connectivity index (χ1) is 17.3. The SMILES string of the molecule is Cc1ccc2cc(/C=N\NC(=O)C(=O)Nc3ccccc3C(=O)Nc3ccc(Cl)cc3)c(Cl)nc2c1. The van der Waals surface area contributed by atoms with Crippen LogP contribution in [0.1, 0.15) is 21.5 Å². The summed E-state index contributed by atoms with van der Waals surface area (Å²) in [7, 11) is 0. The lowest BCUT2D eigenvalue weighted by Crippen LogP contribution is -2.33. The van der Waals surface area contributed by atoms with Gasteiger partial charge in [-0.05, 0) is 61.0 Å². The van der Waals surface area contributed by atoms with Gasteiger partial charge in [-0.25, -0.2) is 10.4 Å². The molecule has 0 aliphatic carbocycles. The number of halogens is 2. The van der Waals surface area contributed by atoms with Crippen LogP contribution in [-0.4, -0.2) is 28.9 Å². The van der Waals surface area contributed by atoms with Crippen molar-refractivity contribution in [3.63, 3.8) is 0 Å². The van der Waals surface area contributed by atoms with E-state index in [9.17, 15) is 14.4 Å². The number of benzene rings is 3. The van der Waals surface area contributed by atoms with Crippen molar-refractivity contribution < 1.29 is 14.4 Å². The zero-order chi connectivity index (χ0) is 25.7. The van der Waals surface area contributed by atoms with Crippen LogP contribution >= 0.6 is 23.2 Å². The predicted molar refractivity (Wildman–Crippen MR) is 142 cm³/mol. The molecule has 3 amide bonds. The van der Waals surface area contributed by atoms with Gasteiger partial charge in [-0.15, -0.1) is 0 Å². The fraction of sp³-hybridized carbons (Fsp3) is 0.0385. The van der Waals surface area contributed by atoms with E-state index >= 15 is 0 Å². The summed E-state index contributed by atoms with van der Waals surface area (Å²) in [6.45, 7) is 1.95. The van der Waals surface area contributed by atoms with Gasteiger partial charge in [-0.3, -0.25) is 14.4 Å². The Labute approximate surface area is 216 Å². The molecular weight excluding hydrogens is 501 g/mol. The molecular formula is C26H19Cl2N5O3. The summed E-state index contributed by atoms with van der Waals surface area (Å²) in [6, 6.07) is 20.4. The van der Waals surface area contributed by atoms with Crippen molar-refractivity contribution in [2.45, 2.75) is 6.92 Å². The molecule has 1 aromatic heterocycles. The molecule has 0 radical (unpaired) electrons. The minimum atomic E-state index is -1.03. The van der Waals surface area contributed by atoms with Crippen molar-refractivity contribution in [3.05, 3.63) is 99.7 Å². The highest BCUT2D eigenvalue weighted by molar-refractivity contribution is 6.40. The highest BCUT2D eigenvalue weighted by Crippen LogP contribution is 2.21. The van der Waals surface area contributed by atoms with E-state index in [0.717, 1.165) is 16.5 Å². The Kier molecular flexibility index (Phi) is 7.58. The quantitative estimate of drug-likeness (QED) is 0.146. The number of carbonyl (C=O) groups excluding carboxylic acids is 3. The van der Waals surface area contributed by atoms with Crippen molar-refractivity contribution in [1.82, 2.24) is 10.4 Å². The van der Waals surface area contributed by atoms with Crippen LogP contribution in [-0.2, 0) is 9.59 Å². The Balaban J connectivity index is 1.41. The highest BCUT2D eigenvalue weighted by atomic mass is 35.5. The minimum Gasteiger partial charge on any atom is -0.322 e. The molecule has 1 heterocycles. The lowest BCUT2D eigenvalue weighted by atomic mass is 10.1. The zero-order valence-corrected chi connectivity index (χ0v) is 20.4. The van der Waals surface area contributed by atoms with Gasteiger partial charge in [0.15, 0.2) is 0 Å². The second-order valence-electron chi connectivity index (χ2n) is 7.72. The Hall–Kier alpha value is -4.27. The monoisotopic (exact) mass is 519 g/mol. The maximum Gasteiger partial charge on any atom is 0.329 e. The predicted octanol–water partition coefficient (Wildman–Crippen LogP) is 5.19. The number of para-hydroxylation sites is 1. The topological polar surface area (TPSA) is 113 Å². The molecule has 0 aliphatic rings. The number of nitrogens with zero attached hydrogens (tertiary/aromatic N) is 2. The summed E-state index contributed by atoms with van der Waals surface area (Å²) in [4.78, 5) is 41.7. The number of carbonyl (C=O) groups is 3. The molecule has 3 aromatic carbocycles. The van der Waals surface area contributed by atoms with E-state index in [1.165, 1.54) is 18.3 Å². The van der Waals surface area contributed by atoms with Gasteiger partial charge >= 0.3 is 11.8 Å². The summed E-state index contributed by atoms with van der Waals surface area (Å²) in [5.74, 6) is -2.50. The lowest BCUT2D eigenvalue weighted by molar-refractivity contribution is -0.136. The van der Waals surface area contributed by atoms with E-state index < -0.39 is 17.7 Å². The van der Waals surface area contributed by atoms with Crippen molar-refractivity contribution in [3.8, 4) is 0 Å². The summed E-state index contributed by atoms with van der Waals surface area (Å²) >= 11 is 12.1. The molecule has 0 saturated carbocycles. The number of anilines is 2. The summed E-state index contributed by atoms with van der Waals surface area (Å²) in [5.41, 5.74) is 5.25. The van der Waals surface area contributed by atoms with Crippen LogP contribution in [0, 0.1) is 6.92 Å². The molecule has 4 rings (SSSR count). The van der Waals surface area contributed by atoms with E-state index in [1.807, 2.05) is 25.1 Å². The Morgan fingerprint density at radius 2 is 1.64 bits per heavy atom. The maximum atomic E-state index is 12.7. The molecule has 0 fully saturated rings. The van der Waals surface area contributed by atoms with Crippen LogP contribution in [0.4, 0.5) is 11.4 Å². The van der Waals surface area contributed by atoms with Crippen LogP contribution in [0.15, 0.2) is 77.9 Å². The van der Waals surface area contributed by atoms with Crippen LogP contribution in [0.25, 0.3) is 10.9 Å². The molecule has 0 saturated heterocycles. The van der Waals surface area contributed by atoms with Gasteiger partial charge in [0.05, 0.1) is 23.0 Å². The van der Waals surface area contributed by atoms with Gasteiger partial charge in [-0.2, -0.15) is 5.10 Å². The summed E-state index contributed by atoms with van der Waals surface area (Å²) < 4.78 is 0. The van der Waals surface area contributed by atoms with Crippen molar-refractivity contribution in [2.24, 2.45) is 5.10 Å². The van der Waals surface area contributed by atoms with E-state index in [2.05, 4.69) is 26.1 Å². The van der Waals surface area contributed by atoms with Gasteiger partial charge < -0.3 is 10.6 Å². The third kappa shape index (κ3) is 6.04. The Bertz CT molecular complexity index is 1500. The molecule has 0 aliphatic heterocycles. The number of aromatic nitrogens is 1. The zero-order valence-electron chi connectivity index (χ0n) is 18.9. The number of rotatable bonds is 5. The van der Waals surface area contributed by atoms with Gasteiger partial charge in [0.25, 0.3) is 5.91 Å². The van der Waals surface area contributed by atoms with Gasteiger partial charge in [0.1, 0.15) is 5.15 Å². The Morgan fingerprint density at radius 1 is 0.889 bits per heavy atom. The average Bonchev–Trinajstić information content (AvgIpc) is 2.86. The van der Waals surface area contributed by atoms with Crippen molar-refractivity contribution >= 4 is 69.4 Å². The smallest absolute Gasteiger partial charge is 0.322 e. The van der Waals surface area contributed by atoms with Crippen LogP contribution in [0.5, 0.6) is 0 Å². The average molecular weight is 520 g/mol. The standard InChI is InChI=1S/C26H19Cl2N5O3/c1-15-6-7-16-13-17(23(28)31-22(16)12-15)14-29-33-26(36)25(35)32-21-5-3-2-4-20(21)24(34)30-19-10-8-18(27)9-11-19/h2-14H,1H3,(H,30,34)(H,32,35)(H,33,36)/b29-14-. The number of pyridine rings is 1. The second kappa shape index (κ2) is 11.0. The fourth-order valence-corrected chi connectivity index (χ4v) is 3.59. The fourth-order valence-electron chi connectivity index (χ4n) is 3.27. The first-order valence-electron chi connectivity index (χ1n) is 10.7. The third-order valence-corrected chi connectivity index (χ3v) is 5.61. The van der Waals surface area contributed by atoms with Crippen molar-refractivity contribution in [2.75, 3.05) is 10.6 Å². The number of aryl methyl sites for hydroxylation is 1. The molecule has 36 heavy (non-hydrogen) atoms. The van der Waals surface area contributed by atoms with E-state index in [-0.39, 0.29) is 16.4 Å². The van der Waals surface area contributed by atoms with Crippen molar-refractivity contribution in [1.29, 1.82) is 0 Å². The van der Waals surface area contributed by atoms with E-state index in [4.69, 9.17) is 23.2 Å². The molecule has 8 nitrogen and oxygen atoms in total. The molecule has 4 aromatic rings. The molecule has 0 unspecified atom stereocenters. The van der Waals surface area contributed by atoms with E-state index in [1.54, 1.807) is 42.5 Å². The largest absolute Gasteiger partial charge is 0.329 e.